The number of alkyl halides is 3. The van der Waals surface area contributed by atoms with E-state index in [2.05, 4.69) is 54.7 Å². The Morgan fingerprint density at radius 1 is 1.57 bits per heavy atom. The van der Waals surface area contributed by atoms with Gasteiger partial charge in [0.15, 0.2) is 0 Å². The molecule has 1 atom stereocenters. The summed E-state index contributed by atoms with van der Waals surface area (Å²) in [7, 11) is 0. The Hall–Kier alpha value is 1.44. The highest BCUT2D eigenvalue weighted by atomic mass is 79.9. The SMILES string of the molecule is [CH2]C(Br)(Br)C(C)Br. The fourth-order valence-electron chi connectivity index (χ4n) is 0. The smallest absolute Gasteiger partial charge is 0.0869 e. The van der Waals surface area contributed by atoms with Gasteiger partial charge >= 0.3 is 0 Å². The minimum atomic E-state index is -0.208. The second-order valence-corrected chi connectivity index (χ2v) is 6.64. The topological polar surface area (TPSA) is 0 Å². The molecule has 0 bridgehead atoms. The van der Waals surface area contributed by atoms with Crippen LogP contribution >= 0.6 is 47.8 Å². The van der Waals surface area contributed by atoms with E-state index >= 15 is 0 Å². The van der Waals surface area contributed by atoms with Crippen molar-refractivity contribution in [2.24, 2.45) is 0 Å². The van der Waals surface area contributed by atoms with Crippen molar-refractivity contribution in [1.82, 2.24) is 0 Å². The van der Waals surface area contributed by atoms with Crippen molar-refractivity contribution in [3.63, 3.8) is 0 Å². The van der Waals surface area contributed by atoms with E-state index in [-0.39, 0.29) is 3.23 Å². The van der Waals surface area contributed by atoms with E-state index in [0.29, 0.717) is 4.83 Å². The zero-order valence-corrected chi connectivity index (χ0v) is 8.68. The second kappa shape index (κ2) is 2.83. The van der Waals surface area contributed by atoms with E-state index < -0.39 is 0 Å². The van der Waals surface area contributed by atoms with Crippen LogP contribution in [0, 0.1) is 6.92 Å². The molecule has 0 heterocycles. The molecule has 1 radical (unpaired) electrons. The first-order valence-electron chi connectivity index (χ1n) is 1.82. The van der Waals surface area contributed by atoms with Crippen molar-refractivity contribution in [2.45, 2.75) is 15.0 Å². The molecule has 43 valence electrons. The molecule has 0 nitrogen and oxygen atoms in total. The zero-order valence-electron chi connectivity index (χ0n) is 3.92. The minimum absolute atomic E-state index is 0.208. The van der Waals surface area contributed by atoms with Crippen molar-refractivity contribution in [3.05, 3.63) is 6.92 Å². The van der Waals surface area contributed by atoms with E-state index in [1.165, 1.54) is 0 Å². The lowest BCUT2D eigenvalue weighted by atomic mass is 10.4. The number of hydrogen-bond donors (Lipinski definition) is 0. The van der Waals surface area contributed by atoms with Gasteiger partial charge in [-0.3, -0.25) is 0 Å². The summed E-state index contributed by atoms with van der Waals surface area (Å²) in [6.07, 6.45) is 0. The molecule has 1 unspecified atom stereocenters. The van der Waals surface area contributed by atoms with Gasteiger partial charge in [0.2, 0.25) is 0 Å². The van der Waals surface area contributed by atoms with Crippen LogP contribution in [-0.2, 0) is 0 Å². The molecule has 0 fully saturated rings. The van der Waals surface area contributed by atoms with E-state index in [1.54, 1.807) is 0 Å². The largest absolute Gasteiger partial charge is 0.0927 e. The molecule has 0 aliphatic rings. The third-order valence-corrected chi connectivity index (χ3v) is 3.97. The molecular formula is C4H6Br3. The van der Waals surface area contributed by atoms with Gasteiger partial charge in [0.25, 0.3) is 0 Å². The lowest BCUT2D eigenvalue weighted by Gasteiger charge is -2.15. The first-order valence-corrected chi connectivity index (χ1v) is 4.32. The first kappa shape index (κ1) is 8.44. The molecule has 0 N–H and O–H groups in total. The van der Waals surface area contributed by atoms with Crippen molar-refractivity contribution in [3.8, 4) is 0 Å². The molecule has 0 spiro atoms. The Balaban J connectivity index is 3.54. The lowest BCUT2D eigenvalue weighted by molar-refractivity contribution is 0.990. The highest BCUT2D eigenvalue weighted by molar-refractivity contribution is 9.26. The van der Waals surface area contributed by atoms with Crippen LogP contribution < -0.4 is 0 Å². The predicted octanol–water partition coefficient (Wildman–Crippen LogP) is 3.09. The first-order chi connectivity index (χ1) is 2.94. The number of hydrogen-bond acceptors (Lipinski definition) is 0. The monoisotopic (exact) mass is 291 g/mol. The van der Waals surface area contributed by atoms with Gasteiger partial charge in [-0.1, -0.05) is 54.7 Å². The Morgan fingerprint density at radius 2 is 1.71 bits per heavy atom. The highest BCUT2D eigenvalue weighted by Gasteiger charge is 2.20. The van der Waals surface area contributed by atoms with Crippen LogP contribution in [0.25, 0.3) is 0 Å². The van der Waals surface area contributed by atoms with Crippen molar-refractivity contribution in [2.75, 3.05) is 0 Å². The summed E-state index contributed by atoms with van der Waals surface area (Å²) in [5.74, 6) is 0. The molecule has 0 amide bonds. The summed E-state index contributed by atoms with van der Waals surface area (Å²) in [6, 6.07) is 0. The average molecular weight is 294 g/mol. The van der Waals surface area contributed by atoms with Crippen LogP contribution in [0.5, 0.6) is 0 Å². The van der Waals surface area contributed by atoms with Crippen LogP contribution in [0.1, 0.15) is 6.92 Å². The van der Waals surface area contributed by atoms with Crippen molar-refractivity contribution in [1.29, 1.82) is 0 Å². The molecule has 0 aromatic carbocycles. The van der Waals surface area contributed by atoms with Crippen molar-refractivity contribution >= 4 is 47.8 Å². The summed E-state index contributed by atoms with van der Waals surface area (Å²) in [5, 5.41) is 0. The highest BCUT2D eigenvalue weighted by Crippen LogP contribution is 2.32. The van der Waals surface area contributed by atoms with Crippen LogP contribution in [0.2, 0.25) is 0 Å². The van der Waals surface area contributed by atoms with Crippen LogP contribution in [0.15, 0.2) is 0 Å². The summed E-state index contributed by atoms with van der Waals surface area (Å²) >= 11 is 9.94. The van der Waals surface area contributed by atoms with Crippen LogP contribution in [0.3, 0.4) is 0 Å². The summed E-state index contributed by atoms with van der Waals surface area (Å²) in [6.45, 7) is 5.77. The van der Waals surface area contributed by atoms with Gasteiger partial charge in [-0.25, -0.2) is 0 Å². The summed E-state index contributed by atoms with van der Waals surface area (Å²) in [4.78, 5) is 0.333. The average Bonchev–Trinajstić information content (AvgIpc) is 1.31. The van der Waals surface area contributed by atoms with Gasteiger partial charge in [0.05, 0.1) is 3.23 Å². The maximum Gasteiger partial charge on any atom is 0.0927 e. The predicted molar refractivity (Wildman–Crippen MR) is 44.3 cm³/mol. The molecule has 0 saturated heterocycles. The minimum Gasteiger partial charge on any atom is -0.0869 e. The summed E-state index contributed by atoms with van der Waals surface area (Å²) < 4.78 is -0.208. The molecule has 3 heteroatoms. The third kappa shape index (κ3) is 3.98. The van der Waals surface area contributed by atoms with Gasteiger partial charge in [0, 0.05) is 4.83 Å². The van der Waals surface area contributed by atoms with Crippen LogP contribution in [0.4, 0.5) is 0 Å². The molecule has 0 aliphatic carbocycles. The van der Waals surface area contributed by atoms with Gasteiger partial charge in [-0.2, -0.15) is 0 Å². The fourth-order valence-corrected chi connectivity index (χ4v) is 0. The second-order valence-electron chi connectivity index (χ2n) is 1.38. The molecule has 0 saturated carbocycles. The molecule has 0 aromatic rings. The molecule has 0 aliphatic heterocycles. The van der Waals surface area contributed by atoms with Gasteiger partial charge in [-0.15, -0.1) is 0 Å². The van der Waals surface area contributed by atoms with Crippen LogP contribution in [-0.4, -0.2) is 8.06 Å². The Bertz CT molecular complexity index is 52.4. The molecule has 0 rings (SSSR count). The van der Waals surface area contributed by atoms with Crippen molar-refractivity contribution < 1.29 is 0 Å². The summed E-state index contributed by atoms with van der Waals surface area (Å²) in [5.41, 5.74) is 0. The molecule has 7 heavy (non-hydrogen) atoms. The third-order valence-electron chi connectivity index (χ3n) is 0.582. The van der Waals surface area contributed by atoms with E-state index in [4.69, 9.17) is 0 Å². The molecular weight excluding hydrogens is 288 g/mol. The lowest BCUT2D eigenvalue weighted by Crippen LogP contribution is -2.16. The van der Waals surface area contributed by atoms with E-state index in [1.807, 2.05) is 6.92 Å². The number of halogens is 3. The number of rotatable bonds is 1. The van der Waals surface area contributed by atoms with E-state index in [9.17, 15) is 0 Å². The van der Waals surface area contributed by atoms with Gasteiger partial charge in [0.1, 0.15) is 0 Å². The van der Waals surface area contributed by atoms with E-state index in [0.717, 1.165) is 0 Å². The standard InChI is InChI=1S/C4H6Br3/c1-3(5)4(2,6)7/h3H,2H2,1H3. The fraction of sp³-hybridized carbons (Fsp3) is 0.750. The Morgan fingerprint density at radius 3 is 1.71 bits per heavy atom. The Labute approximate surface area is 69.4 Å². The molecule has 0 aromatic heterocycles. The Kier molecular flexibility index (Phi) is 3.41. The maximum atomic E-state index is 3.76. The normalized spacial score (nSPS) is 16.7. The zero-order chi connectivity index (χ0) is 6.08. The van der Waals surface area contributed by atoms with Gasteiger partial charge < -0.3 is 0 Å². The maximum absolute atomic E-state index is 3.76. The quantitative estimate of drug-likeness (QED) is 0.652. The van der Waals surface area contributed by atoms with Gasteiger partial charge in [-0.05, 0) is 6.92 Å².